The van der Waals surface area contributed by atoms with E-state index in [0.717, 1.165) is 11.1 Å². The molecule has 2 rings (SSSR count). The van der Waals surface area contributed by atoms with Crippen molar-refractivity contribution in [3.63, 3.8) is 0 Å². The van der Waals surface area contributed by atoms with Crippen LogP contribution in [0.4, 0.5) is 4.39 Å². The van der Waals surface area contributed by atoms with Crippen LogP contribution in [0.5, 0.6) is 11.6 Å². The van der Waals surface area contributed by atoms with Crippen molar-refractivity contribution >= 4 is 11.4 Å². The number of halogens is 1. The Morgan fingerprint density at radius 3 is 2.58 bits per heavy atom. The third kappa shape index (κ3) is 4.93. The fraction of sp³-hybridized carbons (Fsp3) is 0.389. The summed E-state index contributed by atoms with van der Waals surface area (Å²) in [5.74, 6) is 0.469. The molecule has 1 aromatic carbocycles. The number of nitrogens with zero attached hydrogens (tertiary/aromatic N) is 1. The SMILES string of the molecule is Cc1cc(C(C)N[S@+]([O-])C(C)(C)C)cnc1Oc1cccc(F)c1. The van der Waals surface area contributed by atoms with Crippen molar-refractivity contribution in [1.29, 1.82) is 0 Å². The highest BCUT2D eigenvalue weighted by atomic mass is 32.2. The lowest BCUT2D eigenvalue weighted by Crippen LogP contribution is -2.40. The summed E-state index contributed by atoms with van der Waals surface area (Å²) >= 11 is -1.16. The molecule has 0 saturated carbocycles. The minimum absolute atomic E-state index is 0.112. The van der Waals surface area contributed by atoms with Crippen molar-refractivity contribution in [1.82, 2.24) is 9.71 Å². The van der Waals surface area contributed by atoms with E-state index in [1.165, 1.54) is 12.1 Å². The van der Waals surface area contributed by atoms with E-state index >= 15 is 0 Å². The number of rotatable bonds is 5. The Morgan fingerprint density at radius 2 is 2.00 bits per heavy atom. The number of nitrogens with one attached hydrogen (secondary N) is 1. The molecule has 24 heavy (non-hydrogen) atoms. The van der Waals surface area contributed by atoms with E-state index in [1.807, 2.05) is 40.7 Å². The molecular formula is C18H23FN2O2S. The zero-order chi connectivity index (χ0) is 17.9. The molecule has 6 heteroatoms. The van der Waals surface area contributed by atoms with Crippen molar-refractivity contribution in [3.05, 3.63) is 53.5 Å². The normalized spacial score (nSPS) is 14.3. The summed E-state index contributed by atoms with van der Waals surface area (Å²) < 4.78 is 33.8. The minimum atomic E-state index is -1.16. The van der Waals surface area contributed by atoms with E-state index in [1.54, 1.807) is 18.3 Å². The molecule has 1 unspecified atom stereocenters. The predicted octanol–water partition coefficient (Wildman–Crippen LogP) is 4.43. The zero-order valence-corrected chi connectivity index (χ0v) is 15.4. The fourth-order valence-electron chi connectivity index (χ4n) is 1.98. The maximum atomic E-state index is 13.2. The average molecular weight is 350 g/mol. The van der Waals surface area contributed by atoms with Crippen LogP contribution in [0.25, 0.3) is 0 Å². The van der Waals surface area contributed by atoms with Crippen LogP contribution < -0.4 is 9.46 Å². The molecule has 130 valence electrons. The lowest BCUT2D eigenvalue weighted by molar-refractivity contribution is 0.453. The van der Waals surface area contributed by atoms with Crippen LogP contribution in [-0.2, 0) is 11.4 Å². The maximum Gasteiger partial charge on any atom is 0.222 e. The van der Waals surface area contributed by atoms with E-state index < -0.39 is 11.4 Å². The van der Waals surface area contributed by atoms with Crippen LogP contribution in [-0.4, -0.2) is 14.3 Å². The van der Waals surface area contributed by atoms with Crippen LogP contribution in [0, 0.1) is 12.7 Å². The third-order valence-corrected chi connectivity index (χ3v) is 5.08. The van der Waals surface area contributed by atoms with Gasteiger partial charge in [0, 0.05) is 29.2 Å². The summed E-state index contributed by atoms with van der Waals surface area (Å²) in [5, 5.41) is 0. The van der Waals surface area contributed by atoms with Gasteiger partial charge in [-0.25, -0.2) is 9.37 Å². The van der Waals surface area contributed by atoms with Crippen molar-refractivity contribution in [2.24, 2.45) is 0 Å². The lowest BCUT2D eigenvalue weighted by atomic mass is 10.1. The van der Waals surface area contributed by atoms with Crippen LogP contribution in [0.15, 0.2) is 36.5 Å². The monoisotopic (exact) mass is 350 g/mol. The topological polar surface area (TPSA) is 57.2 Å². The summed E-state index contributed by atoms with van der Waals surface area (Å²) in [6.07, 6.45) is 1.68. The summed E-state index contributed by atoms with van der Waals surface area (Å²) in [5.41, 5.74) is 1.74. The van der Waals surface area contributed by atoms with Crippen molar-refractivity contribution in [2.45, 2.75) is 45.4 Å². The van der Waals surface area contributed by atoms with Gasteiger partial charge in [-0.3, -0.25) is 0 Å². The Hall–Kier alpha value is -1.63. The third-order valence-electron chi connectivity index (χ3n) is 3.40. The van der Waals surface area contributed by atoms with Gasteiger partial charge in [0.15, 0.2) is 0 Å². The molecule has 0 spiro atoms. The molecule has 4 nitrogen and oxygen atoms in total. The van der Waals surface area contributed by atoms with Crippen LogP contribution in [0.2, 0.25) is 0 Å². The minimum Gasteiger partial charge on any atom is -0.598 e. The Balaban J connectivity index is 2.11. The highest BCUT2D eigenvalue weighted by Gasteiger charge is 2.28. The van der Waals surface area contributed by atoms with Gasteiger partial charge in [0.1, 0.15) is 16.3 Å². The molecule has 1 N–H and O–H groups in total. The number of pyridine rings is 1. The van der Waals surface area contributed by atoms with Crippen molar-refractivity contribution in [3.8, 4) is 11.6 Å². The highest BCUT2D eigenvalue weighted by molar-refractivity contribution is 7.90. The van der Waals surface area contributed by atoms with E-state index in [9.17, 15) is 8.94 Å². The second kappa shape index (κ2) is 7.51. The number of benzene rings is 1. The van der Waals surface area contributed by atoms with Crippen molar-refractivity contribution < 1.29 is 13.7 Å². The first-order chi connectivity index (χ1) is 11.2. The quantitative estimate of drug-likeness (QED) is 0.810. The molecule has 0 aliphatic rings. The predicted molar refractivity (Wildman–Crippen MR) is 94.9 cm³/mol. The molecule has 1 heterocycles. The Kier molecular flexibility index (Phi) is 5.85. The molecule has 0 amide bonds. The number of hydrogen-bond acceptors (Lipinski definition) is 4. The van der Waals surface area contributed by atoms with E-state index in [4.69, 9.17) is 4.74 Å². The van der Waals surface area contributed by atoms with Crippen LogP contribution >= 0.6 is 0 Å². The second-order valence-electron chi connectivity index (χ2n) is 6.67. The highest BCUT2D eigenvalue weighted by Crippen LogP contribution is 2.26. The first-order valence-corrected chi connectivity index (χ1v) is 8.90. The molecule has 2 atom stereocenters. The average Bonchev–Trinajstić information content (AvgIpc) is 2.48. The first-order valence-electron chi connectivity index (χ1n) is 7.75. The van der Waals surface area contributed by atoms with Crippen molar-refractivity contribution in [2.75, 3.05) is 0 Å². The summed E-state index contributed by atoms with van der Waals surface area (Å²) in [4.78, 5) is 4.31. The Labute approximate surface area is 145 Å². The summed E-state index contributed by atoms with van der Waals surface area (Å²) in [6, 6.07) is 7.75. The smallest absolute Gasteiger partial charge is 0.222 e. The fourth-order valence-corrected chi connectivity index (χ4v) is 2.79. The van der Waals surface area contributed by atoms with Gasteiger partial charge in [-0.1, -0.05) is 6.07 Å². The largest absolute Gasteiger partial charge is 0.598 e. The zero-order valence-electron chi connectivity index (χ0n) is 14.6. The molecule has 0 saturated heterocycles. The first kappa shape index (κ1) is 18.7. The molecule has 2 aromatic rings. The van der Waals surface area contributed by atoms with Gasteiger partial charge in [0.25, 0.3) is 0 Å². The Morgan fingerprint density at radius 1 is 1.29 bits per heavy atom. The second-order valence-corrected chi connectivity index (χ2v) is 8.67. The molecule has 0 aliphatic heterocycles. The molecular weight excluding hydrogens is 327 g/mol. The van der Waals surface area contributed by atoms with E-state index in [-0.39, 0.29) is 16.6 Å². The molecule has 1 aromatic heterocycles. The molecule has 0 aliphatic carbocycles. The van der Waals surface area contributed by atoms with Crippen LogP contribution in [0.3, 0.4) is 0 Å². The Bertz CT molecular complexity index is 704. The molecule has 0 fully saturated rings. The van der Waals surface area contributed by atoms with Gasteiger partial charge in [-0.2, -0.15) is 0 Å². The van der Waals surface area contributed by atoms with E-state index in [2.05, 4.69) is 9.71 Å². The molecule has 0 bridgehead atoms. The van der Waals surface area contributed by atoms with Gasteiger partial charge in [-0.15, -0.1) is 4.72 Å². The number of ether oxygens (including phenoxy) is 1. The van der Waals surface area contributed by atoms with Gasteiger partial charge in [0.05, 0.1) is 6.04 Å². The van der Waals surface area contributed by atoms with E-state index in [0.29, 0.717) is 11.6 Å². The van der Waals surface area contributed by atoms with Gasteiger partial charge >= 0.3 is 0 Å². The van der Waals surface area contributed by atoms with Crippen LogP contribution in [0.1, 0.15) is 44.9 Å². The lowest BCUT2D eigenvalue weighted by Gasteiger charge is -2.26. The maximum absolute atomic E-state index is 13.2. The molecule has 0 radical (unpaired) electrons. The summed E-state index contributed by atoms with van der Waals surface area (Å²) in [7, 11) is 0. The number of hydrogen-bond donors (Lipinski definition) is 1. The number of aryl methyl sites for hydroxylation is 1. The standard InChI is InChI=1S/C18H23FN2O2S/c1-12-9-14(13(2)21-24(22)18(3,4)5)11-20-17(12)23-16-8-6-7-15(19)10-16/h6-11,13,21H,1-5H3/t13?,24-/m1/s1. The van der Waals surface area contributed by atoms with Gasteiger partial charge in [0.2, 0.25) is 5.88 Å². The van der Waals surface area contributed by atoms with Gasteiger partial charge in [-0.05, 0) is 58.4 Å². The number of aromatic nitrogens is 1. The van der Waals surface area contributed by atoms with Gasteiger partial charge < -0.3 is 9.29 Å². The summed E-state index contributed by atoms with van der Waals surface area (Å²) in [6.45, 7) is 9.57.